The van der Waals surface area contributed by atoms with Gasteiger partial charge >= 0.3 is 6.09 Å². The van der Waals surface area contributed by atoms with Gasteiger partial charge in [0.15, 0.2) is 0 Å². The zero-order valence-electron chi connectivity index (χ0n) is 21.6. The summed E-state index contributed by atoms with van der Waals surface area (Å²) >= 11 is 0. The van der Waals surface area contributed by atoms with Crippen LogP contribution in [0.3, 0.4) is 0 Å². The van der Waals surface area contributed by atoms with E-state index in [0.29, 0.717) is 31.7 Å². The summed E-state index contributed by atoms with van der Waals surface area (Å²) in [5, 5.41) is 19.9. The minimum absolute atomic E-state index is 0.0292. The number of aliphatic hydroxyl groups is 1. The Balaban J connectivity index is 1.49. The molecular weight excluding hydrogens is 474 g/mol. The van der Waals surface area contributed by atoms with Crippen LogP contribution in [0.25, 0.3) is 10.8 Å². The van der Waals surface area contributed by atoms with Gasteiger partial charge < -0.3 is 24.4 Å². The molecule has 0 saturated carbocycles. The Kier molecular flexibility index (Phi) is 8.73. The maximum atomic E-state index is 13.0. The Morgan fingerprint density at radius 3 is 2.84 bits per heavy atom. The van der Waals surface area contributed by atoms with E-state index in [4.69, 9.17) is 9.47 Å². The highest BCUT2D eigenvalue weighted by molar-refractivity contribution is 5.84. The van der Waals surface area contributed by atoms with E-state index in [1.54, 1.807) is 28.9 Å². The summed E-state index contributed by atoms with van der Waals surface area (Å²) in [5.74, 6) is 0.308. The van der Waals surface area contributed by atoms with Crippen molar-refractivity contribution in [2.75, 3.05) is 26.7 Å². The van der Waals surface area contributed by atoms with Crippen LogP contribution in [0.15, 0.2) is 48.7 Å². The highest BCUT2D eigenvalue weighted by Gasteiger charge is 2.29. The predicted molar refractivity (Wildman–Crippen MR) is 138 cm³/mol. The molecule has 2 heterocycles. The Hall–Kier alpha value is -3.50. The highest BCUT2D eigenvalue weighted by Crippen LogP contribution is 2.22. The van der Waals surface area contributed by atoms with Crippen molar-refractivity contribution in [3.05, 3.63) is 54.4 Å². The Labute approximate surface area is 216 Å². The number of amides is 2. The van der Waals surface area contributed by atoms with E-state index < -0.39 is 12.2 Å². The average molecular weight is 510 g/mol. The molecule has 0 radical (unpaired) electrons. The first kappa shape index (κ1) is 26.6. The fraction of sp³-hybridized carbons (Fsp3) is 0.481. The van der Waals surface area contributed by atoms with Gasteiger partial charge in [0.1, 0.15) is 5.75 Å². The van der Waals surface area contributed by atoms with Crippen LogP contribution < -0.4 is 4.74 Å². The topological polar surface area (TPSA) is 110 Å². The molecule has 0 spiro atoms. The fourth-order valence-electron chi connectivity index (χ4n) is 4.50. The number of carbonyl (C=O) groups is 2. The van der Waals surface area contributed by atoms with Crippen molar-refractivity contribution in [1.29, 1.82) is 0 Å². The van der Waals surface area contributed by atoms with Crippen LogP contribution in [0.4, 0.5) is 4.79 Å². The fourth-order valence-corrected chi connectivity index (χ4v) is 4.50. The molecule has 3 atom stereocenters. The van der Waals surface area contributed by atoms with Gasteiger partial charge in [0.25, 0.3) is 0 Å². The van der Waals surface area contributed by atoms with Crippen LogP contribution in [0.2, 0.25) is 0 Å². The number of benzene rings is 2. The molecule has 2 aromatic carbocycles. The quantitative estimate of drug-likeness (QED) is 0.563. The lowest BCUT2D eigenvalue weighted by Crippen LogP contribution is -2.48. The molecule has 1 aliphatic heterocycles. The van der Waals surface area contributed by atoms with E-state index in [1.807, 2.05) is 50.2 Å². The number of rotatable bonds is 5. The van der Waals surface area contributed by atoms with Gasteiger partial charge in [-0.3, -0.25) is 4.79 Å². The van der Waals surface area contributed by atoms with Gasteiger partial charge in [-0.1, -0.05) is 42.5 Å². The van der Waals surface area contributed by atoms with Gasteiger partial charge in [-0.05, 0) is 36.2 Å². The molecule has 0 unspecified atom stereocenters. The van der Waals surface area contributed by atoms with Crippen LogP contribution in [0.1, 0.15) is 32.4 Å². The summed E-state index contributed by atoms with van der Waals surface area (Å²) in [4.78, 5) is 29.2. The summed E-state index contributed by atoms with van der Waals surface area (Å²) in [6, 6.07) is 13.1. The van der Waals surface area contributed by atoms with E-state index in [-0.39, 0.29) is 37.6 Å². The van der Waals surface area contributed by atoms with Gasteiger partial charge in [0, 0.05) is 32.5 Å². The SMILES string of the molecule is C[C@H]1CN([C@@H](C)CO)C(=O)CCCn2nncc2CO[C@@H]1CN(C)C(=O)Oc1ccc2ccccc2c1. The monoisotopic (exact) mass is 509 g/mol. The van der Waals surface area contributed by atoms with Crippen molar-refractivity contribution in [1.82, 2.24) is 24.8 Å². The molecule has 10 heteroatoms. The number of aromatic nitrogens is 3. The molecule has 0 fully saturated rings. The number of hydrogen-bond acceptors (Lipinski definition) is 7. The van der Waals surface area contributed by atoms with E-state index in [2.05, 4.69) is 10.3 Å². The molecule has 1 aliphatic rings. The number of ether oxygens (including phenoxy) is 2. The molecule has 4 rings (SSSR count). The molecule has 0 saturated heterocycles. The predicted octanol–water partition coefficient (Wildman–Crippen LogP) is 3.09. The smallest absolute Gasteiger partial charge is 0.410 e. The van der Waals surface area contributed by atoms with Gasteiger partial charge in [0.05, 0.1) is 43.8 Å². The van der Waals surface area contributed by atoms with E-state index in [1.165, 1.54) is 4.90 Å². The first-order valence-electron chi connectivity index (χ1n) is 12.7. The third kappa shape index (κ3) is 6.64. The molecule has 10 nitrogen and oxygen atoms in total. The largest absolute Gasteiger partial charge is 0.415 e. The van der Waals surface area contributed by atoms with E-state index in [9.17, 15) is 14.7 Å². The first-order valence-corrected chi connectivity index (χ1v) is 12.7. The number of aliphatic hydroxyl groups excluding tert-OH is 1. The molecule has 0 bridgehead atoms. The number of likely N-dealkylation sites (N-methyl/N-ethyl adjacent to an activating group) is 1. The Morgan fingerprint density at radius 2 is 2.05 bits per heavy atom. The summed E-state index contributed by atoms with van der Waals surface area (Å²) in [6.07, 6.45) is 1.72. The van der Waals surface area contributed by atoms with Crippen LogP contribution in [-0.4, -0.2) is 80.8 Å². The van der Waals surface area contributed by atoms with Crippen LogP contribution >= 0.6 is 0 Å². The summed E-state index contributed by atoms with van der Waals surface area (Å²) in [5.41, 5.74) is 0.812. The van der Waals surface area contributed by atoms with Crippen LogP contribution in [-0.2, 0) is 22.7 Å². The Morgan fingerprint density at radius 1 is 1.27 bits per heavy atom. The standard InChI is InChI=1S/C27H35N5O5/c1-19-15-31(20(2)17-33)26(34)9-6-12-32-23(14-28-29-32)18-36-25(19)16-30(3)27(35)37-24-11-10-21-7-4-5-8-22(21)13-24/h4-5,7-8,10-11,13-14,19-20,25,33H,6,9,12,15-18H2,1-3H3/t19-,20-,25+/m0/s1. The number of hydrogen-bond donors (Lipinski definition) is 1. The molecule has 1 N–H and O–H groups in total. The molecule has 0 aliphatic carbocycles. The molecular formula is C27H35N5O5. The summed E-state index contributed by atoms with van der Waals surface area (Å²) < 4.78 is 13.7. The van der Waals surface area contributed by atoms with Crippen molar-refractivity contribution in [2.45, 2.75) is 52.0 Å². The third-order valence-electron chi connectivity index (χ3n) is 6.83. The van der Waals surface area contributed by atoms with Crippen molar-refractivity contribution in [3.63, 3.8) is 0 Å². The molecule has 198 valence electrons. The summed E-state index contributed by atoms with van der Waals surface area (Å²) in [7, 11) is 1.67. The molecule has 2 amide bonds. The molecule has 1 aromatic heterocycles. The normalized spacial score (nSPS) is 20.0. The Bertz CT molecular complexity index is 1210. The zero-order chi connectivity index (χ0) is 26.4. The van der Waals surface area contributed by atoms with Crippen LogP contribution in [0, 0.1) is 5.92 Å². The van der Waals surface area contributed by atoms with Gasteiger partial charge in [-0.15, -0.1) is 5.10 Å². The third-order valence-corrected chi connectivity index (χ3v) is 6.83. The maximum absolute atomic E-state index is 13.0. The van der Waals surface area contributed by atoms with Crippen molar-refractivity contribution < 1.29 is 24.2 Å². The second-order valence-electron chi connectivity index (χ2n) is 9.71. The lowest BCUT2D eigenvalue weighted by atomic mass is 10.0. The minimum Gasteiger partial charge on any atom is -0.410 e. The lowest BCUT2D eigenvalue weighted by molar-refractivity contribution is -0.136. The highest BCUT2D eigenvalue weighted by atomic mass is 16.6. The summed E-state index contributed by atoms with van der Waals surface area (Å²) in [6.45, 7) is 5.16. The average Bonchev–Trinajstić information content (AvgIpc) is 3.35. The second kappa shape index (κ2) is 12.2. The van der Waals surface area contributed by atoms with Gasteiger partial charge in [-0.2, -0.15) is 0 Å². The van der Waals surface area contributed by atoms with Gasteiger partial charge in [-0.25, -0.2) is 9.48 Å². The number of carbonyl (C=O) groups excluding carboxylic acids is 2. The second-order valence-corrected chi connectivity index (χ2v) is 9.71. The lowest BCUT2D eigenvalue weighted by Gasteiger charge is -2.35. The minimum atomic E-state index is -0.499. The number of fused-ring (bicyclic) bond motifs is 2. The van der Waals surface area contributed by atoms with Gasteiger partial charge in [0.2, 0.25) is 5.91 Å². The first-order chi connectivity index (χ1) is 17.9. The van der Waals surface area contributed by atoms with Crippen molar-refractivity contribution in [3.8, 4) is 5.75 Å². The number of aryl methyl sites for hydroxylation is 1. The van der Waals surface area contributed by atoms with Crippen molar-refractivity contribution in [2.24, 2.45) is 5.92 Å². The van der Waals surface area contributed by atoms with E-state index >= 15 is 0 Å². The molecule has 37 heavy (non-hydrogen) atoms. The van der Waals surface area contributed by atoms with E-state index in [0.717, 1.165) is 16.5 Å². The number of nitrogens with zero attached hydrogens (tertiary/aromatic N) is 5. The van der Waals surface area contributed by atoms with Crippen molar-refractivity contribution >= 4 is 22.8 Å². The maximum Gasteiger partial charge on any atom is 0.415 e. The zero-order valence-corrected chi connectivity index (χ0v) is 21.6. The van der Waals surface area contributed by atoms with Crippen LogP contribution in [0.5, 0.6) is 5.75 Å². The molecule has 3 aromatic rings.